The van der Waals surface area contributed by atoms with E-state index in [9.17, 15) is 0 Å². The van der Waals surface area contributed by atoms with Gasteiger partial charge in [-0.05, 0) is 29.5 Å². The van der Waals surface area contributed by atoms with Gasteiger partial charge in [-0.3, -0.25) is 4.98 Å². The molecule has 0 aliphatic carbocycles. The minimum absolute atomic E-state index is 0.495. The summed E-state index contributed by atoms with van der Waals surface area (Å²) in [6.45, 7) is 4.33. The van der Waals surface area contributed by atoms with Crippen molar-refractivity contribution in [3.63, 3.8) is 0 Å². The highest BCUT2D eigenvalue weighted by atomic mass is 32.1. The molecule has 0 bridgehead atoms. The predicted octanol–water partition coefficient (Wildman–Crippen LogP) is 3.93. The summed E-state index contributed by atoms with van der Waals surface area (Å²) in [7, 11) is 0. The van der Waals surface area contributed by atoms with Gasteiger partial charge in [-0.25, -0.2) is 0 Å². The van der Waals surface area contributed by atoms with Gasteiger partial charge < -0.3 is 0 Å². The summed E-state index contributed by atoms with van der Waals surface area (Å²) in [5, 5.41) is 2.08. The maximum absolute atomic E-state index is 4.63. The Morgan fingerprint density at radius 1 is 1.14 bits per heavy atom. The highest BCUT2D eigenvalue weighted by Crippen LogP contribution is 2.24. The Kier molecular flexibility index (Phi) is 2.64. The second-order valence-electron chi connectivity index (χ2n) is 3.58. The van der Waals surface area contributed by atoms with Crippen LogP contribution in [0.5, 0.6) is 0 Å². The van der Waals surface area contributed by atoms with Crippen LogP contribution in [0.3, 0.4) is 0 Å². The standard InChI is InChI=1S/C12H13NS/c1-9(2)10-5-3-6-11(13-10)12-7-4-8-14-12/h3-9H,1-2H3. The van der Waals surface area contributed by atoms with E-state index < -0.39 is 0 Å². The third-order valence-electron chi connectivity index (χ3n) is 2.14. The number of aromatic nitrogens is 1. The molecule has 0 fully saturated rings. The van der Waals surface area contributed by atoms with Crippen LogP contribution < -0.4 is 0 Å². The summed E-state index contributed by atoms with van der Waals surface area (Å²) in [5.74, 6) is 0.495. The van der Waals surface area contributed by atoms with E-state index in [1.54, 1.807) is 11.3 Å². The molecule has 0 aliphatic rings. The number of pyridine rings is 1. The molecule has 0 radical (unpaired) electrons. The zero-order valence-corrected chi connectivity index (χ0v) is 9.21. The smallest absolute Gasteiger partial charge is 0.0805 e. The number of hydrogen-bond acceptors (Lipinski definition) is 2. The van der Waals surface area contributed by atoms with Crippen LogP contribution in [0.4, 0.5) is 0 Å². The van der Waals surface area contributed by atoms with Crippen molar-refractivity contribution in [3.05, 3.63) is 41.4 Å². The maximum atomic E-state index is 4.63. The van der Waals surface area contributed by atoms with E-state index in [4.69, 9.17) is 0 Å². The van der Waals surface area contributed by atoms with E-state index >= 15 is 0 Å². The fourth-order valence-corrected chi connectivity index (χ4v) is 2.03. The van der Waals surface area contributed by atoms with Crippen LogP contribution in [0.1, 0.15) is 25.5 Å². The quantitative estimate of drug-likeness (QED) is 0.720. The molecule has 14 heavy (non-hydrogen) atoms. The highest BCUT2D eigenvalue weighted by molar-refractivity contribution is 7.13. The average molecular weight is 203 g/mol. The van der Waals surface area contributed by atoms with E-state index in [1.807, 2.05) is 0 Å². The number of hydrogen-bond donors (Lipinski definition) is 0. The SMILES string of the molecule is CC(C)c1cccc(-c2cccs2)n1. The molecule has 0 aliphatic heterocycles. The largest absolute Gasteiger partial charge is 0.252 e. The first-order chi connectivity index (χ1) is 6.77. The molecule has 0 saturated carbocycles. The lowest BCUT2D eigenvalue weighted by Gasteiger charge is -2.05. The van der Waals surface area contributed by atoms with Crippen molar-refractivity contribution in [1.29, 1.82) is 0 Å². The van der Waals surface area contributed by atoms with Crippen LogP contribution in [0, 0.1) is 0 Å². The molecule has 2 rings (SSSR count). The molecule has 2 aromatic rings. The number of thiophene rings is 1. The van der Waals surface area contributed by atoms with Gasteiger partial charge in [0.2, 0.25) is 0 Å². The van der Waals surface area contributed by atoms with Crippen LogP contribution >= 0.6 is 11.3 Å². The van der Waals surface area contributed by atoms with Crippen LogP contribution in [-0.4, -0.2) is 4.98 Å². The van der Waals surface area contributed by atoms with E-state index in [-0.39, 0.29) is 0 Å². The van der Waals surface area contributed by atoms with Crippen LogP contribution in [0.15, 0.2) is 35.7 Å². The van der Waals surface area contributed by atoms with Crippen molar-refractivity contribution in [2.75, 3.05) is 0 Å². The Morgan fingerprint density at radius 3 is 2.64 bits per heavy atom. The topological polar surface area (TPSA) is 12.9 Å². The van der Waals surface area contributed by atoms with Crippen molar-refractivity contribution in [3.8, 4) is 10.6 Å². The molecule has 1 nitrogen and oxygen atoms in total. The van der Waals surface area contributed by atoms with E-state index in [1.165, 1.54) is 4.88 Å². The van der Waals surface area contributed by atoms with E-state index in [0.29, 0.717) is 5.92 Å². The minimum atomic E-state index is 0.495. The van der Waals surface area contributed by atoms with Gasteiger partial charge in [0.25, 0.3) is 0 Å². The molecule has 0 saturated heterocycles. The number of rotatable bonds is 2. The van der Waals surface area contributed by atoms with E-state index in [2.05, 4.69) is 54.5 Å². The third-order valence-corrected chi connectivity index (χ3v) is 3.03. The van der Waals surface area contributed by atoms with Crippen molar-refractivity contribution in [1.82, 2.24) is 4.98 Å². The van der Waals surface area contributed by atoms with E-state index in [0.717, 1.165) is 11.4 Å². The number of nitrogens with zero attached hydrogens (tertiary/aromatic N) is 1. The summed E-state index contributed by atoms with van der Waals surface area (Å²) in [6, 6.07) is 10.4. The van der Waals surface area contributed by atoms with Crippen LogP contribution in [0.25, 0.3) is 10.6 Å². The van der Waals surface area contributed by atoms with Gasteiger partial charge in [-0.15, -0.1) is 11.3 Å². The predicted molar refractivity (Wildman–Crippen MR) is 61.6 cm³/mol. The molecule has 72 valence electrons. The Balaban J connectivity index is 2.41. The lowest BCUT2D eigenvalue weighted by Crippen LogP contribution is -1.92. The molecule has 0 atom stereocenters. The molecule has 0 amide bonds. The normalized spacial score (nSPS) is 10.8. The molecule has 2 aromatic heterocycles. The zero-order valence-electron chi connectivity index (χ0n) is 8.40. The molecule has 2 heterocycles. The third kappa shape index (κ3) is 1.85. The first-order valence-electron chi connectivity index (χ1n) is 4.78. The molecule has 0 unspecified atom stereocenters. The minimum Gasteiger partial charge on any atom is -0.252 e. The first kappa shape index (κ1) is 9.41. The summed E-state index contributed by atoms with van der Waals surface area (Å²) < 4.78 is 0. The maximum Gasteiger partial charge on any atom is 0.0805 e. The monoisotopic (exact) mass is 203 g/mol. The van der Waals surface area contributed by atoms with Gasteiger partial charge in [0.05, 0.1) is 10.6 Å². The second-order valence-corrected chi connectivity index (χ2v) is 4.53. The van der Waals surface area contributed by atoms with Crippen molar-refractivity contribution in [2.24, 2.45) is 0 Å². The lowest BCUT2D eigenvalue weighted by atomic mass is 10.1. The molecular weight excluding hydrogens is 190 g/mol. The molecular formula is C12H13NS. The Hall–Kier alpha value is -1.15. The molecule has 0 N–H and O–H groups in total. The van der Waals surface area contributed by atoms with Crippen molar-refractivity contribution < 1.29 is 0 Å². The van der Waals surface area contributed by atoms with Crippen LogP contribution in [-0.2, 0) is 0 Å². The Labute approximate surface area is 88.4 Å². The zero-order chi connectivity index (χ0) is 9.97. The highest BCUT2D eigenvalue weighted by Gasteiger charge is 2.03. The van der Waals surface area contributed by atoms with Gasteiger partial charge >= 0.3 is 0 Å². The van der Waals surface area contributed by atoms with Gasteiger partial charge in [0.1, 0.15) is 0 Å². The Morgan fingerprint density at radius 2 is 2.00 bits per heavy atom. The lowest BCUT2D eigenvalue weighted by molar-refractivity contribution is 0.825. The van der Waals surface area contributed by atoms with Crippen LogP contribution in [0.2, 0.25) is 0 Å². The Bertz CT molecular complexity index is 404. The van der Waals surface area contributed by atoms with Gasteiger partial charge in [0.15, 0.2) is 0 Å². The average Bonchev–Trinajstić information content (AvgIpc) is 2.71. The summed E-state index contributed by atoms with van der Waals surface area (Å²) in [6.07, 6.45) is 0. The van der Waals surface area contributed by atoms with Gasteiger partial charge in [-0.2, -0.15) is 0 Å². The van der Waals surface area contributed by atoms with Gasteiger partial charge in [-0.1, -0.05) is 26.0 Å². The van der Waals surface area contributed by atoms with Crippen molar-refractivity contribution in [2.45, 2.75) is 19.8 Å². The summed E-state index contributed by atoms with van der Waals surface area (Å²) in [4.78, 5) is 5.87. The molecule has 0 aromatic carbocycles. The van der Waals surface area contributed by atoms with Crippen molar-refractivity contribution >= 4 is 11.3 Å². The van der Waals surface area contributed by atoms with Gasteiger partial charge in [0, 0.05) is 5.69 Å². The fraction of sp³-hybridized carbons (Fsp3) is 0.250. The summed E-state index contributed by atoms with van der Waals surface area (Å²) >= 11 is 1.73. The first-order valence-corrected chi connectivity index (χ1v) is 5.66. The molecule has 0 spiro atoms. The fourth-order valence-electron chi connectivity index (χ4n) is 1.33. The molecule has 2 heteroatoms. The summed E-state index contributed by atoms with van der Waals surface area (Å²) in [5.41, 5.74) is 2.25. The second kappa shape index (κ2) is 3.93.